The topological polar surface area (TPSA) is 237 Å². The first-order valence-corrected chi connectivity index (χ1v) is 45.1. The van der Waals surface area contributed by atoms with Crippen LogP contribution in [0.15, 0.2) is 109 Å². The van der Waals surface area contributed by atoms with E-state index in [2.05, 4.69) is 137 Å². The summed E-state index contributed by atoms with van der Waals surface area (Å²) in [5.41, 5.74) is 0. The molecule has 0 amide bonds. The maximum Gasteiger partial charge on any atom is 0.472 e. The summed E-state index contributed by atoms with van der Waals surface area (Å²) in [5, 5.41) is 10.7. The molecule has 5 atom stereocenters. The Kier molecular flexibility index (Phi) is 75.6. The summed E-state index contributed by atoms with van der Waals surface area (Å²) in [6.45, 7) is 4.65. The van der Waals surface area contributed by atoms with E-state index in [1.807, 2.05) is 0 Å². The number of rotatable bonds is 79. The van der Waals surface area contributed by atoms with Crippen LogP contribution in [-0.2, 0) is 65.4 Å². The molecule has 0 aromatic rings. The minimum absolute atomic E-state index is 0.0790. The number of ether oxygens (including phenoxy) is 4. The van der Waals surface area contributed by atoms with Crippen molar-refractivity contribution in [2.45, 2.75) is 380 Å². The van der Waals surface area contributed by atoms with Gasteiger partial charge in [-0.2, -0.15) is 0 Å². The SMILES string of the molecule is CC/C=C\C/C=C\C/C=C\C/C=C\CCCCCCCCC(=O)OCC(COP(=O)(O)OCC(O)COP(=O)(O)OCC(COC(=O)CCCCCCC/C=C\CCCCCCCC)OC(=O)CCCCCCC/C=C\CCCCCCCC)OC(=O)CCCCCCCCC/C=C\C/C=C\C/C=C\CC. The Labute approximate surface area is 645 Å². The van der Waals surface area contributed by atoms with E-state index in [1.165, 1.54) is 77.0 Å². The number of aliphatic hydroxyl groups excluding tert-OH is 1. The quantitative estimate of drug-likeness (QED) is 0.0169. The molecule has 0 aliphatic rings. The molecule has 0 aromatic heterocycles. The van der Waals surface area contributed by atoms with E-state index in [-0.39, 0.29) is 25.7 Å². The molecule has 0 fully saturated rings. The summed E-state index contributed by atoms with van der Waals surface area (Å²) < 4.78 is 68.8. The number of allylic oxidation sites excluding steroid dienone is 18. The summed E-state index contributed by atoms with van der Waals surface area (Å²) in [7, 11) is -9.97. The molecule has 0 saturated heterocycles. The van der Waals surface area contributed by atoms with E-state index >= 15 is 0 Å². The van der Waals surface area contributed by atoms with Gasteiger partial charge in [-0.3, -0.25) is 37.3 Å². The van der Waals surface area contributed by atoms with Crippen LogP contribution in [0.5, 0.6) is 0 Å². The van der Waals surface area contributed by atoms with Crippen LogP contribution in [0.25, 0.3) is 0 Å². The minimum Gasteiger partial charge on any atom is -0.462 e. The van der Waals surface area contributed by atoms with Crippen LogP contribution in [0.1, 0.15) is 362 Å². The highest BCUT2D eigenvalue weighted by Crippen LogP contribution is 2.45. The second kappa shape index (κ2) is 78.8. The molecule has 0 heterocycles. The molecule has 612 valence electrons. The highest BCUT2D eigenvalue weighted by molar-refractivity contribution is 7.47. The van der Waals surface area contributed by atoms with Crippen molar-refractivity contribution < 1.29 is 80.2 Å². The van der Waals surface area contributed by atoms with Gasteiger partial charge < -0.3 is 33.8 Å². The highest BCUT2D eigenvalue weighted by atomic mass is 31.2. The maximum atomic E-state index is 13.1. The molecule has 106 heavy (non-hydrogen) atoms. The minimum atomic E-state index is -4.99. The lowest BCUT2D eigenvalue weighted by molar-refractivity contribution is -0.161. The molecule has 3 N–H and O–H groups in total. The zero-order chi connectivity index (χ0) is 77.4. The lowest BCUT2D eigenvalue weighted by Crippen LogP contribution is -2.30. The maximum absolute atomic E-state index is 13.1. The standard InChI is InChI=1S/C87H152O17P2/c1-5-9-13-17-21-25-29-33-37-39-40-42-45-48-52-56-60-64-68-72-85(90)98-78-83(104-87(92)74-70-66-62-58-54-50-46-41-38-34-30-26-22-18-14-10-6-2)80-102-106(95,96)100-76-81(88)75-99-105(93,94)101-79-82(103-86(91)73-69-65-61-57-53-49-44-36-32-28-24-20-16-12-8-4)77-97-84(89)71-67-63-59-55-51-47-43-35-31-27-23-19-15-11-7-3/h9-10,13-14,21-22,25-26,33-38,40,42-44,81-83,88H,5-8,11-12,15-20,23-24,27-32,39,41,45-80H2,1-4H3,(H,93,94)(H,95,96)/b13-9-,14-10-,25-21-,26-22-,37-33-,38-34-,42-40-,43-35-,44-36-. The lowest BCUT2D eigenvalue weighted by atomic mass is 10.1. The Balaban J connectivity index is 5.38. The number of unbranched alkanes of at least 4 members (excludes halogenated alkanes) is 35. The fourth-order valence-electron chi connectivity index (χ4n) is 11.3. The summed E-state index contributed by atoms with van der Waals surface area (Å²) in [5.74, 6) is -2.20. The molecule has 0 rings (SSSR count). The molecule has 0 aliphatic carbocycles. The van der Waals surface area contributed by atoms with E-state index in [0.29, 0.717) is 25.7 Å². The van der Waals surface area contributed by atoms with Gasteiger partial charge >= 0.3 is 39.5 Å². The van der Waals surface area contributed by atoms with Crippen LogP contribution in [-0.4, -0.2) is 96.7 Å². The van der Waals surface area contributed by atoms with Gasteiger partial charge in [0.05, 0.1) is 26.4 Å². The van der Waals surface area contributed by atoms with Gasteiger partial charge in [-0.1, -0.05) is 298 Å². The third-order valence-electron chi connectivity index (χ3n) is 17.7. The van der Waals surface area contributed by atoms with Crippen LogP contribution in [0.3, 0.4) is 0 Å². The number of hydrogen-bond acceptors (Lipinski definition) is 15. The van der Waals surface area contributed by atoms with Gasteiger partial charge in [-0.05, 0) is 148 Å². The monoisotopic (exact) mass is 1530 g/mol. The molecular formula is C87H152O17P2. The summed E-state index contributed by atoms with van der Waals surface area (Å²) in [6, 6.07) is 0. The number of phosphoric acid groups is 2. The van der Waals surface area contributed by atoms with Crippen molar-refractivity contribution in [2.24, 2.45) is 0 Å². The Morgan fingerprint density at radius 1 is 0.274 bits per heavy atom. The average molecular weight is 1530 g/mol. The first kappa shape index (κ1) is 102. The Morgan fingerprint density at radius 3 is 0.764 bits per heavy atom. The Bertz CT molecular complexity index is 2430. The van der Waals surface area contributed by atoms with E-state index in [4.69, 9.17) is 37.0 Å². The predicted molar refractivity (Wildman–Crippen MR) is 436 cm³/mol. The predicted octanol–water partition coefficient (Wildman–Crippen LogP) is 24.9. The molecule has 17 nitrogen and oxygen atoms in total. The molecule has 0 aliphatic heterocycles. The zero-order valence-electron chi connectivity index (χ0n) is 67.1. The first-order valence-electron chi connectivity index (χ1n) is 42.1. The molecule has 0 aromatic carbocycles. The second-order valence-electron chi connectivity index (χ2n) is 28.0. The highest BCUT2D eigenvalue weighted by Gasteiger charge is 2.30. The Morgan fingerprint density at radius 2 is 0.491 bits per heavy atom. The molecule has 19 heteroatoms. The van der Waals surface area contributed by atoms with E-state index in [1.54, 1.807) is 0 Å². The second-order valence-corrected chi connectivity index (χ2v) is 30.9. The smallest absolute Gasteiger partial charge is 0.462 e. The van der Waals surface area contributed by atoms with Crippen molar-refractivity contribution in [1.29, 1.82) is 0 Å². The van der Waals surface area contributed by atoms with Crippen LogP contribution in [0.2, 0.25) is 0 Å². The number of carbonyl (C=O) groups is 4. The van der Waals surface area contributed by atoms with Crippen molar-refractivity contribution in [1.82, 2.24) is 0 Å². The summed E-state index contributed by atoms with van der Waals surface area (Å²) >= 11 is 0. The van der Waals surface area contributed by atoms with Crippen LogP contribution < -0.4 is 0 Å². The normalized spacial score (nSPS) is 14.4. The van der Waals surface area contributed by atoms with E-state index in [9.17, 15) is 43.2 Å². The number of esters is 4. The molecule has 0 saturated carbocycles. The molecule has 0 spiro atoms. The van der Waals surface area contributed by atoms with Gasteiger partial charge in [0.15, 0.2) is 12.2 Å². The van der Waals surface area contributed by atoms with Crippen LogP contribution >= 0.6 is 15.6 Å². The van der Waals surface area contributed by atoms with Crippen LogP contribution in [0.4, 0.5) is 0 Å². The summed E-state index contributed by atoms with van der Waals surface area (Å²) in [6.07, 6.45) is 86.2. The van der Waals surface area contributed by atoms with E-state index in [0.717, 1.165) is 205 Å². The van der Waals surface area contributed by atoms with Crippen LogP contribution in [0, 0.1) is 0 Å². The van der Waals surface area contributed by atoms with Gasteiger partial charge in [0.1, 0.15) is 19.3 Å². The van der Waals surface area contributed by atoms with Crippen molar-refractivity contribution in [2.75, 3.05) is 39.6 Å². The van der Waals surface area contributed by atoms with Crippen molar-refractivity contribution in [3.63, 3.8) is 0 Å². The molecular weight excluding hydrogens is 1380 g/mol. The molecule has 0 bridgehead atoms. The van der Waals surface area contributed by atoms with Gasteiger partial charge in [-0.25, -0.2) is 9.13 Å². The number of carbonyl (C=O) groups excluding carboxylic acids is 4. The first-order chi connectivity index (χ1) is 51.7. The third-order valence-corrected chi connectivity index (χ3v) is 19.6. The Hall–Kier alpha value is -4.28. The number of phosphoric ester groups is 2. The van der Waals surface area contributed by atoms with E-state index < -0.39 is 97.5 Å². The van der Waals surface area contributed by atoms with Gasteiger partial charge in [0.25, 0.3) is 0 Å². The average Bonchev–Trinajstić information content (AvgIpc) is 0.902. The number of hydrogen-bond donors (Lipinski definition) is 3. The van der Waals surface area contributed by atoms with Gasteiger partial charge in [0, 0.05) is 25.7 Å². The van der Waals surface area contributed by atoms with Gasteiger partial charge in [-0.15, -0.1) is 0 Å². The van der Waals surface area contributed by atoms with Gasteiger partial charge in [0.2, 0.25) is 0 Å². The number of aliphatic hydroxyl groups is 1. The molecule has 5 unspecified atom stereocenters. The fraction of sp³-hybridized carbons (Fsp3) is 0.747. The molecule has 0 radical (unpaired) electrons. The summed E-state index contributed by atoms with van der Waals surface area (Å²) in [4.78, 5) is 73.2. The fourth-order valence-corrected chi connectivity index (χ4v) is 12.9. The zero-order valence-corrected chi connectivity index (χ0v) is 68.9. The largest absolute Gasteiger partial charge is 0.472 e. The van der Waals surface area contributed by atoms with Crippen molar-refractivity contribution in [3.8, 4) is 0 Å². The van der Waals surface area contributed by atoms with Crippen molar-refractivity contribution >= 4 is 39.5 Å². The van der Waals surface area contributed by atoms with Crippen molar-refractivity contribution in [3.05, 3.63) is 109 Å². The lowest BCUT2D eigenvalue weighted by Gasteiger charge is -2.21. The third kappa shape index (κ3) is 77.9.